The number of aryl methyl sites for hydroxylation is 1. The molecule has 148 valence electrons. The lowest BCUT2D eigenvalue weighted by molar-refractivity contribution is -0.118. The first-order valence-electron chi connectivity index (χ1n) is 8.95. The van der Waals surface area contributed by atoms with Crippen LogP contribution in [0.4, 0.5) is 14.5 Å². The summed E-state index contributed by atoms with van der Waals surface area (Å²) in [7, 11) is 0. The molecule has 0 bridgehead atoms. The molecule has 7 nitrogen and oxygen atoms in total. The van der Waals surface area contributed by atoms with Crippen LogP contribution in [0.25, 0.3) is 0 Å². The largest absolute Gasteiger partial charge is 0.417 e. The van der Waals surface area contributed by atoms with E-state index in [0.29, 0.717) is 18.1 Å². The van der Waals surface area contributed by atoms with E-state index in [0.717, 1.165) is 11.6 Å². The summed E-state index contributed by atoms with van der Waals surface area (Å²) in [5.41, 5.74) is 1.20. The van der Waals surface area contributed by atoms with E-state index < -0.39 is 29.5 Å². The van der Waals surface area contributed by atoms with E-state index >= 15 is 0 Å². The second-order valence-electron chi connectivity index (χ2n) is 6.64. The summed E-state index contributed by atoms with van der Waals surface area (Å²) in [6.07, 6.45) is 0.737. The van der Waals surface area contributed by atoms with Gasteiger partial charge in [0.05, 0.1) is 12.1 Å². The fourth-order valence-electron chi connectivity index (χ4n) is 3.15. The van der Waals surface area contributed by atoms with E-state index in [2.05, 4.69) is 20.8 Å². The van der Waals surface area contributed by atoms with Crippen LogP contribution >= 0.6 is 0 Å². The number of carbonyl (C=O) groups excluding carboxylic acids is 2. The molecule has 2 heterocycles. The molecule has 2 aromatic carbocycles. The lowest BCUT2D eigenvalue weighted by Gasteiger charge is -2.13. The maximum Gasteiger partial charge on any atom is 0.309 e. The van der Waals surface area contributed by atoms with Crippen molar-refractivity contribution in [1.29, 1.82) is 0 Å². The average molecular weight is 398 g/mol. The van der Waals surface area contributed by atoms with E-state index in [9.17, 15) is 18.4 Å². The average Bonchev–Trinajstić information content (AvgIpc) is 3.10. The van der Waals surface area contributed by atoms with Crippen molar-refractivity contribution < 1.29 is 22.8 Å². The molecule has 1 aliphatic heterocycles. The number of rotatable bonds is 4. The first-order valence-corrected chi connectivity index (χ1v) is 8.95. The van der Waals surface area contributed by atoms with Gasteiger partial charge in [-0.1, -0.05) is 30.3 Å². The van der Waals surface area contributed by atoms with Crippen molar-refractivity contribution in [1.82, 2.24) is 15.5 Å². The molecule has 0 fully saturated rings. The number of aromatic nitrogens is 2. The number of fused-ring (bicyclic) bond motifs is 1. The Hall–Kier alpha value is -3.62. The van der Waals surface area contributed by atoms with Crippen molar-refractivity contribution in [3.8, 4) is 0 Å². The standard InChI is InChI=1S/C20H16F2N4O3/c21-13-9-12-6-7-15(18(27)24-17(12)14(22)10-13)23-19(28)20-26-25-16(29-20)8-11-4-2-1-3-5-11/h1-5,9-10,15H,6-8H2,(H,23,28)(H,24,27)/t15-/m1/s1. The Bertz CT molecular complexity index is 1070. The van der Waals surface area contributed by atoms with Crippen molar-refractivity contribution in [2.75, 3.05) is 5.32 Å². The minimum Gasteiger partial charge on any atom is -0.417 e. The van der Waals surface area contributed by atoms with Gasteiger partial charge in [0.15, 0.2) is 0 Å². The van der Waals surface area contributed by atoms with Gasteiger partial charge in [-0.2, -0.15) is 0 Å². The number of amides is 2. The van der Waals surface area contributed by atoms with Gasteiger partial charge in [-0.15, -0.1) is 10.2 Å². The van der Waals surface area contributed by atoms with Gasteiger partial charge in [-0.05, 0) is 30.0 Å². The molecular formula is C20H16F2N4O3. The van der Waals surface area contributed by atoms with Crippen LogP contribution in [0.1, 0.15) is 34.1 Å². The number of halogens is 2. The minimum absolute atomic E-state index is 0.0731. The number of nitrogens with zero attached hydrogens (tertiary/aromatic N) is 2. The molecule has 0 aliphatic carbocycles. The fraction of sp³-hybridized carbons (Fsp3) is 0.200. The molecule has 0 unspecified atom stereocenters. The van der Waals surface area contributed by atoms with E-state index in [-0.39, 0.29) is 30.3 Å². The van der Waals surface area contributed by atoms with Crippen LogP contribution in [0.5, 0.6) is 0 Å². The van der Waals surface area contributed by atoms with Crippen molar-refractivity contribution in [2.24, 2.45) is 0 Å². The third kappa shape index (κ3) is 4.13. The molecule has 2 N–H and O–H groups in total. The highest BCUT2D eigenvalue weighted by Crippen LogP contribution is 2.26. The maximum atomic E-state index is 13.9. The first-order chi connectivity index (χ1) is 14.0. The Morgan fingerprint density at radius 2 is 2.00 bits per heavy atom. The highest BCUT2D eigenvalue weighted by Gasteiger charge is 2.29. The molecule has 9 heteroatoms. The van der Waals surface area contributed by atoms with Crippen LogP contribution in [-0.4, -0.2) is 28.1 Å². The molecule has 3 aromatic rings. The van der Waals surface area contributed by atoms with Gasteiger partial charge in [-0.3, -0.25) is 9.59 Å². The molecule has 1 aliphatic rings. The molecule has 0 radical (unpaired) electrons. The fourth-order valence-corrected chi connectivity index (χ4v) is 3.15. The van der Waals surface area contributed by atoms with E-state index in [1.165, 1.54) is 0 Å². The lowest BCUT2D eigenvalue weighted by Crippen LogP contribution is -2.43. The second-order valence-corrected chi connectivity index (χ2v) is 6.64. The topological polar surface area (TPSA) is 97.1 Å². The molecule has 1 aromatic heterocycles. The molecule has 2 amide bonds. The second kappa shape index (κ2) is 7.78. The van der Waals surface area contributed by atoms with Crippen LogP contribution in [0.2, 0.25) is 0 Å². The number of nitrogens with one attached hydrogen (secondary N) is 2. The van der Waals surface area contributed by atoms with Crippen molar-refractivity contribution in [3.05, 3.63) is 77.0 Å². The number of benzene rings is 2. The molecule has 0 spiro atoms. The highest BCUT2D eigenvalue weighted by molar-refractivity contribution is 6.00. The summed E-state index contributed by atoms with van der Waals surface area (Å²) in [5.74, 6) is -2.92. The zero-order valence-electron chi connectivity index (χ0n) is 15.1. The van der Waals surface area contributed by atoms with Gasteiger partial charge >= 0.3 is 11.8 Å². The Balaban J connectivity index is 1.44. The predicted octanol–water partition coefficient (Wildman–Crippen LogP) is 2.62. The number of hydrogen-bond acceptors (Lipinski definition) is 5. The van der Waals surface area contributed by atoms with Crippen LogP contribution < -0.4 is 10.6 Å². The Morgan fingerprint density at radius 3 is 2.79 bits per heavy atom. The Labute approximate surface area is 164 Å². The summed E-state index contributed by atoms with van der Waals surface area (Å²) in [4.78, 5) is 24.8. The zero-order valence-corrected chi connectivity index (χ0v) is 15.1. The Kier molecular flexibility index (Phi) is 5.03. The SMILES string of the molecule is O=C(N[C@@H]1CCc2cc(F)cc(F)c2NC1=O)c1nnc(Cc2ccccc2)o1. The van der Waals surface area contributed by atoms with E-state index in [4.69, 9.17) is 4.42 Å². The molecule has 4 rings (SSSR count). The van der Waals surface area contributed by atoms with Gasteiger partial charge in [0, 0.05) is 6.07 Å². The van der Waals surface area contributed by atoms with Crippen molar-refractivity contribution >= 4 is 17.5 Å². The summed E-state index contributed by atoms with van der Waals surface area (Å²) in [6.45, 7) is 0. The van der Waals surface area contributed by atoms with Crippen LogP contribution in [-0.2, 0) is 17.6 Å². The summed E-state index contributed by atoms with van der Waals surface area (Å²) in [5, 5.41) is 12.5. The van der Waals surface area contributed by atoms with Gasteiger partial charge in [0.1, 0.15) is 17.7 Å². The summed E-state index contributed by atoms with van der Waals surface area (Å²) >= 11 is 0. The van der Waals surface area contributed by atoms with E-state index in [1.807, 2.05) is 30.3 Å². The minimum atomic E-state index is -0.957. The molecular weight excluding hydrogens is 382 g/mol. The molecule has 29 heavy (non-hydrogen) atoms. The zero-order chi connectivity index (χ0) is 20.4. The predicted molar refractivity (Wildman–Crippen MR) is 98.1 cm³/mol. The normalized spacial score (nSPS) is 15.9. The molecule has 0 saturated carbocycles. The van der Waals surface area contributed by atoms with Gasteiger partial charge < -0.3 is 15.1 Å². The van der Waals surface area contributed by atoms with E-state index in [1.54, 1.807) is 0 Å². The third-order valence-corrected chi connectivity index (χ3v) is 4.57. The molecule has 0 saturated heterocycles. The van der Waals surface area contributed by atoms with Gasteiger partial charge in [-0.25, -0.2) is 8.78 Å². The monoisotopic (exact) mass is 398 g/mol. The van der Waals surface area contributed by atoms with Crippen LogP contribution in [0.15, 0.2) is 46.9 Å². The van der Waals surface area contributed by atoms with Crippen LogP contribution in [0, 0.1) is 11.6 Å². The highest BCUT2D eigenvalue weighted by atomic mass is 19.1. The quantitative estimate of drug-likeness (QED) is 0.704. The lowest BCUT2D eigenvalue weighted by atomic mass is 10.1. The van der Waals surface area contributed by atoms with Crippen LogP contribution in [0.3, 0.4) is 0 Å². The van der Waals surface area contributed by atoms with Gasteiger partial charge in [0.25, 0.3) is 0 Å². The number of anilines is 1. The third-order valence-electron chi connectivity index (χ3n) is 4.57. The van der Waals surface area contributed by atoms with Gasteiger partial charge in [0.2, 0.25) is 11.8 Å². The smallest absolute Gasteiger partial charge is 0.309 e. The van der Waals surface area contributed by atoms with Crippen molar-refractivity contribution in [3.63, 3.8) is 0 Å². The number of hydrogen-bond donors (Lipinski definition) is 2. The summed E-state index contributed by atoms with van der Waals surface area (Å²) < 4.78 is 32.7. The Morgan fingerprint density at radius 1 is 1.21 bits per heavy atom. The first kappa shape index (κ1) is 18.7. The summed E-state index contributed by atoms with van der Waals surface area (Å²) in [6, 6.07) is 10.3. The maximum absolute atomic E-state index is 13.9. The molecule has 1 atom stereocenters. The number of carbonyl (C=O) groups is 2. The van der Waals surface area contributed by atoms with Crippen molar-refractivity contribution in [2.45, 2.75) is 25.3 Å².